The molecule has 0 aliphatic rings. The van der Waals surface area contributed by atoms with Gasteiger partial charge in [-0.2, -0.15) is 5.10 Å². The fraction of sp³-hybridized carbons (Fsp3) is 0.133. The number of halogens is 3. The predicted molar refractivity (Wildman–Crippen MR) is 96.7 cm³/mol. The number of hydrazone groups is 1. The van der Waals surface area contributed by atoms with E-state index >= 15 is 0 Å². The van der Waals surface area contributed by atoms with Crippen LogP contribution in [0.5, 0.6) is 11.5 Å². The lowest BCUT2D eigenvalue weighted by Crippen LogP contribution is -2.05. The number of nitrogens with one attached hydrogen (secondary N) is 1. The molecule has 0 bridgehead atoms. The molecule has 0 aliphatic heterocycles. The van der Waals surface area contributed by atoms with Crippen molar-refractivity contribution in [3.63, 3.8) is 0 Å². The molecule has 0 spiro atoms. The predicted octanol–water partition coefficient (Wildman–Crippen LogP) is 4.29. The van der Waals surface area contributed by atoms with Crippen LogP contribution in [0.15, 0.2) is 23.3 Å². The van der Waals surface area contributed by atoms with E-state index in [1.807, 2.05) is 0 Å². The summed E-state index contributed by atoms with van der Waals surface area (Å²) in [7, 11) is 0. The number of ether oxygens (including phenoxy) is 1. The number of benzene rings is 1. The van der Waals surface area contributed by atoms with Crippen molar-refractivity contribution < 1.29 is 19.7 Å². The van der Waals surface area contributed by atoms with Crippen molar-refractivity contribution in [2.75, 3.05) is 12.0 Å². The first-order valence-corrected chi connectivity index (χ1v) is 8.01. The molecule has 3 N–H and O–H groups in total. The summed E-state index contributed by atoms with van der Waals surface area (Å²) in [4.78, 5) is 14.7. The Morgan fingerprint density at radius 1 is 1.36 bits per heavy atom. The summed E-state index contributed by atoms with van der Waals surface area (Å²) in [6.07, 6.45) is 1.41. The largest absolute Gasteiger partial charge is 0.504 e. The number of hydrogen-bond acceptors (Lipinski definition) is 6. The van der Waals surface area contributed by atoms with Gasteiger partial charge in [0.2, 0.25) is 0 Å². The van der Waals surface area contributed by atoms with Crippen LogP contribution in [-0.2, 0) is 0 Å². The Bertz CT molecular complexity index is 843. The van der Waals surface area contributed by atoms with E-state index in [1.165, 1.54) is 12.3 Å². The third-order valence-electron chi connectivity index (χ3n) is 2.91. The molecule has 0 radical (unpaired) electrons. The van der Waals surface area contributed by atoms with E-state index in [2.05, 4.69) is 15.5 Å². The highest BCUT2D eigenvalue weighted by Crippen LogP contribution is 2.36. The molecule has 25 heavy (non-hydrogen) atoms. The van der Waals surface area contributed by atoms with E-state index in [1.54, 1.807) is 19.1 Å². The van der Waals surface area contributed by atoms with Gasteiger partial charge in [-0.1, -0.05) is 34.8 Å². The minimum atomic E-state index is -1.35. The summed E-state index contributed by atoms with van der Waals surface area (Å²) in [5.74, 6) is -1.04. The molecule has 132 valence electrons. The van der Waals surface area contributed by atoms with Crippen LogP contribution in [0.4, 0.5) is 5.69 Å². The standard InChI is InChI=1S/C15H12Cl3N3O4/c1-2-25-9-5-7(3-4-8(9)22)6-19-21-12-10(16)13(15(23)24)20-14(18)11(12)17/h3-6,22H,2H2,1H3,(H,20,21)(H,23,24). The van der Waals surface area contributed by atoms with Gasteiger partial charge in [0, 0.05) is 0 Å². The molecule has 2 rings (SSSR count). The van der Waals surface area contributed by atoms with Crippen LogP contribution in [0.3, 0.4) is 0 Å². The van der Waals surface area contributed by atoms with Crippen molar-refractivity contribution in [2.45, 2.75) is 6.92 Å². The van der Waals surface area contributed by atoms with Crippen molar-refractivity contribution in [1.82, 2.24) is 4.98 Å². The molecule has 0 saturated heterocycles. The fourth-order valence-electron chi connectivity index (χ4n) is 1.81. The number of aromatic hydroxyl groups is 1. The van der Waals surface area contributed by atoms with E-state index in [4.69, 9.17) is 44.6 Å². The second-order valence-electron chi connectivity index (χ2n) is 4.59. The lowest BCUT2D eigenvalue weighted by molar-refractivity contribution is 0.0691. The SMILES string of the molecule is CCOc1cc(C=NNc2c(Cl)c(Cl)nc(C(=O)O)c2Cl)ccc1O. The summed E-state index contributed by atoms with van der Waals surface area (Å²) in [5, 5.41) is 22.2. The molecule has 0 saturated carbocycles. The number of pyridine rings is 1. The topological polar surface area (TPSA) is 104 Å². The van der Waals surface area contributed by atoms with Crippen molar-refractivity contribution in [3.05, 3.63) is 44.7 Å². The van der Waals surface area contributed by atoms with E-state index in [-0.39, 0.29) is 26.6 Å². The lowest BCUT2D eigenvalue weighted by Gasteiger charge is -2.09. The zero-order valence-electron chi connectivity index (χ0n) is 12.8. The van der Waals surface area contributed by atoms with E-state index in [9.17, 15) is 9.90 Å². The third-order valence-corrected chi connectivity index (χ3v) is 4.02. The number of nitrogens with zero attached hydrogens (tertiary/aromatic N) is 2. The number of carboxylic acid groups (broad SMARTS) is 1. The highest BCUT2D eigenvalue weighted by atomic mass is 35.5. The quantitative estimate of drug-likeness (QED) is 0.377. The van der Waals surface area contributed by atoms with Crippen LogP contribution >= 0.6 is 34.8 Å². The fourth-order valence-corrected chi connectivity index (χ4v) is 2.47. The van der Waals surface area contributed by atoms with Gasteiger partial charge in [-0.15, -0.1) is 0 Å². The summed E-state index contributed by atoms with van der Waals surface area (Å²) < 4.78 is 5.27. The highest BCUT2D eigenvalue weighted by molar-refractivity contribution is 6.46. The van der Waals surface area contributed by atoms with Crippen molar-refractivity contribution >= 4 is 52.7 Å². The summed E-state index contributed by atoms with van der Waals surface area (Å²) >= 11 is 17.8. The number of phenols is 1. The van der Waals surface area contributed by atoms with Gasteiger partial charge in [-0.05, 0) is 30.7 Å². The minimum Gasteiger partial charge on any atom is -0.504 e. The first-order chi connectivity index (χ1) is 11.8. The zero-order chi connectivity index (χ0) is 18.6. The Labute approximate surface area is 157 Å². The molecular weight excluding hydrogens is 393 g/mol. The second-order valence-corrected chi connectivity index (χ2v) is 5.70. The molecule has 0 fully saturated rings. The number of rotatable bonds is 6. The molecule has 7 nitrogen and oxygen atoms in total. The minimum absolute atomic E-state index is 0.00469. The molecule has 1 aromatic heterocycles. The number of aromatic nitrogens is 1. The monoisotopic (exact) mass is 403 g/mol. The molecule has 1 heterocycles. The average molecular weight is 405 g/mol. The maximum atomic E-state index is 11.1. The number of anilines is 1. The Hall–Kier alpha value is -2.22. The van der Waals surface area contributed by atoms with Gasteiger partial charge in [0.05, 0.1) is 18.5 Å². The van der Waals surface area contributed by atoms with Crippen LogP contribution in [0.25, 0.3) is 0 Å². The Balaban J connectivity index is 2.28. The number of carbonyl (C=O) groups is 1. The number of hydrogen-bond donors (Lipinski definition) is 3. The van der Waals surface area contributed by atoms with Crippen molar-refractivity contribution in [1.29, 1.82) is 0 Å². The first kappa shape index (κ1) is 19.1. The van der Waals surface area contributed by atoms with Crippen LogP contribution in [0.2, 0.25) is 15.2 Å². The Morgan fingerprint density at radius 3 is 2.72 bits per heavy atom. The molecule has 0 unspecified atom stereocenters. The van der Waals surface area contributed by atoms with Gasteiger partial charge in [0.25, 0.3) is 0 Å². The van der Waals surface area contributed by atoms with Crippen LogP contribution in [-0.4, -0.2) is 34.0 Å². The smallest absolute Gasteiger partial charge is 0.356 e. The van der Waals surface area contributed by atoms with Gasteiger partial charge < -0.3 is 14.9 Å². The van der Waals surface area contributed by atoms with Crippen LogP contribution in [0, 0.1) is 0 Å². The summed E-state index contributed by atoms with van der Waals surface area (Å²) in [5.41, 5.74) is 2.72. The van der Waals surface area contributed by atoms with Gasteiger partial charge in [0.1, 0.15) is 10.0 Å². The second kappa shape index (κ2) is 8.24. The van der Waals surface area contributed by atoms with Crippen LogP contribution < -0.4 is 10.2 Å². The maximum Gasteiger partial charge on any atom is 0.356 e. The van der Waals surface area contributed by atoms with Gasteiger partial charge in [-0.25, -0.2) is 9.78 Å². The lowest BCUT2D eigenvalue weighted by atomic mass is 10.2. The maximum absolute atomic E-state index is 11.1. The molecule has 0 amide bonds. The average Bonchev–Trinajstić information content (AvgIpc) is 2.57. The third kappa shape index (κ3) is 4.45. The molecule has 1 aromatic carbocycles. The Morgan fingerprint density at radius 2 is 2.08 bits per heavy atom. The van der Waals surface area contributed by atoms with Crippen LogP contribution in [0.1, 0.15) is 23.0 Å². The molecule has 0 aliphatic carbocycles. The van der Waals surface area contributed by atoms with E-state index < -0.39 is 11.7 Å². The molecule has 0 atom stereocenters. The summed E-state index contributed by atoms with van der Waals surface area (Å²) in [6, 6.07) is 4.64. The van der Waals surface area contributed by atoms with Gasteiger partial charge in [0.15, 0.2) is 22.3 Å². The molecular formula is C15H12Cl3N3O4. The first-order valence-electron chi connectivity index (χ1n) is 6.87. The normalized spacial score (nSPS) is 10.9. The van der Waals surface area contributed by atoms with E-state index in [0.29, 0.717) is 17.9 Å². The van der Waals surface area contributed by atoms with Gasteiger partial charge >= 0.3 is 5.97 Å². The Kier molecular flexibility index (Phi) is 6.30. The highest BCUT2D eigenvalue weighted by Gasteiger charge is 2.20. The zero-order valence-corrected chi connectivity index (χ0v) is 15.0. The molecule has 10 heteroatoms. The number of aromatic carboxylic acids is 1. The van der Waals surface area contributed by atoms with Gasteiger partial charge in [-0.3, -0.25) is 5.43 Å². The van der Waals surface area contributed by atoms with E-state index in [0.717, 1.165) is 0 Å². The van der Waals surface area contributed by atoms with Crippen molar-refractivity contribution in [2.24, 2.45) is 5.10 Å². The molecule has 2 aromatic rings. The summed E-state index contributed by atoms with van der Waals surface area (Å²) in [6.45, 7) is 2.18. The number of phenolic OH excluding ortho intramolecular Hbond substituents is 1. The van der Waals surface area contributed by atoms with Crippen molar-refractivity contribution in [3.8, 4) is 11.5 Å². The number of carboxylic acids is 1.